The minimum atomic E-state index is -1.58. The van der Waals surface area contributed by atoms with Crippen LogP contribution in [0.2, 0.25) is 5.02 Å². The van der Waals surface area contributed by atoms with Crippen molar-refractivity contribution in [2.24, 2.45) is 5.92 Å². The Hall–Kier alpha value is -4.69. The Labute approximate surface area is 330 Å². The highest BCUT2D eigenvalue weighted by atomic mass is 35.5. The summed E-state index contributed by atoms with van der Waals surface area (Å²) in [5.74, 6) is 4.31. The number of benzene rings is 4. The van der Waals surface area contributed by atoms with Crippen molar-refractivity contribution in [2.75, 3.05) is 51.2 Å². The largest absolute Gasteiger partial charge is 0.478 e. The average Bonchev–Trinajstić information content (AvgIpc) is 3.22. The molecule has 5 rings (SSSR count). The number of aromatic carboxylic acids is 1. The predicted molar refractivity (Wildman–Crippen MR) is 220 cm³/mol. The number of anilines is 1. The van der Waals surface area contributed by atoms with Gasteiger partial charge in [-0.3, -0.25) is 4.90 Å². The van der Waals surface area contributed by atoms with Gasteiger partial charge in [-0.15, -0.1) is 0 Å². The Bertz CT molecular complexity index is 1850. The van der Waals surface area contributed by atoms with Gasteiger partial charge in [-0.05, 0) is 84.6 Å². The SMILES string of the molecule is CCN(CC)CC#CCOC(=O)C(O)(c1ccccc1)C1CCCCC1.O=C(O)c1cccc(-c2cccc(NCCNC[C@H](O)c3cccc(Cl)c3)c2)c1. The number of rotatable bonds is 16. The maximum absolute atomic E-state index is 12.8. The molecule has 55 heavy (non-hydrogen) atoms. The number of hydrogen-bond acceptors (Lipinski definition) is 8. The number of esters is 1. The minimum absolute atomic E-state index is 0.0158. The fourth-order valence-electron chi connectivity index (χ4n) is 6.62. The van der Waals surface area contributed by atoms with E-state index >= 15 is 0 Å². The topological polar surface area (TPSA) is 131 Å². The molecule has 0 radical (unpaired) electrons. The first-order chi connectivity index (χ1) is 26.6. The number of carbonyl (C=O) groups is 2. The number of nitrogens with zero attached hydrogens (tertiary/aromatic N) is 1. The van der Waals surface area contributed by atoms with Crippen molar-refractivity contribution in [3.8, 4) is 23.0 Å². The molecule has 0 aliphatic heterocycles. The number of aliphatic hydroxyl groups excluding tert-OH is 1. The molecule has 10 heteroatoms. The molecule has 0 heterocycles. The molecule has 292 valence electrons. The summed E-state index contributed by atoms with van der Waals surface area (Å²) in [6.07, 6.45) is 4.31. The maximum atomic E-state index is 12.8. The van der Waals surface area contributed by atoms with Gasteiger partial charge in [-0.1, -0.05) is 123 Å². The van der Waals surface area contributed by atoms with Gasteiger partial charge in [0.25, 0.3) is 0 Å². The van der Waals surface area contributed by atoms with Gasteiger partial charge < -0.3 is 30.7 Å². The monoisotopic (exact) mass is 767 g/mol. The van der Waals surface area contributed by atoms with Gasteiger partial charge in [-0.2, -0.15) is 0 Å². The molecule has 5 N–H and O–H groups in total. The van der Waals surface area contributed by atoms with Gasteiger partial charge >= 0.3 is 11.9 Å². The number of carbonyl (C=O) groups excluding carboxylic acids is 1. The fourth-order valence-corrected chi connectivity index (χ4v) is 6.82. The Morgan fingerprint density at radius 1 is 0.873 bits per heavy atom. The number of nitrogens with one attached hydrogen (secondary N) is 2. The van der Waals surface area contributed by atoms with Crippen LogP contribution in [0.3, 0.4) is 0 Å². The molecule has 0 saturated heterocycles. The summed E-state index contributed by atoms with van der Waals surface area (Å²) in [7, 11) is 0. The zero-order chi connectivity index (χ0) is 39.5. The van der Waals surface area contributed by atoms with Crippen molar-refractivity contribution in [1.29, 1.82) is 0 Å². The summed E-state index contributed by atoms with van der Waals surface area (Å²) in [4.78, 5) is 26.2. The van der Waals surface area contributed by atoms with Gasteiger partial charge in [-0.25, -0.2) is 9.59 Å². The van der Waals surface area contributed by atoms with E-state index in [-0.39, 0.29) is 18.1 Å². The molecule has 4 aromatic rings. The second kappa shape index (κ2) is 22.6. The molecule has 1 unspecified atom stereocenters. The quantitative estimate of drug-likeness (QED) is 0.0441. The van der Waals surface area contributed by atoms with E-state index in [2.05, 4.69) is 41.2 Å². The smallest absolute Gasteiger partial charge is 0.344 e. The van der Waals surface area contributed by atoms with Gasteiger partial charge in [0.05, 0.1) is 18.2 Å². The third-order valence-corrected chi connectivity index (χ3v) is 10.1. The van der Waals surface area contributed by atoms with Crippen molar-refractivity contribution in [1.82, 2.24) is 10.2 Å². The van der Waals surface area contributed by atoms with Crippen molar-refractivity contribution >= 4 is 29.2 Å². The van der Waals surface area contributed by atoms with E-state index in [9.17, 15) is 19.8 Å². The lowest BCUT2D eigenvalue weighted by Gasteiger charge is -2.36. The number of carboxylic acid groups (broad SMARTS) is 1. The Morgan fingerprint density at radius 2 is 1.56 bits per heavy atom. The Balaban J connectivity index is 0.000000246. The Morgan fingerprint density at radius 3 is 2.25 bits per heavy atom. The number of aliphatic hydroxyl groups is 2. The molecule has 0 spiro atoms. The second-order valence-corrected chi connectivity index (χ2v) is 14.0. The molecule has 1 aliphatic rings. The minimum Gasteiger partial charge on any atom is -0.478 e. The normalized spacial score (nSPS) is 14.4. The van der Waals surface area contributed by atoms with E-state index in [1.54, 1.807) is 30.3 Å². The van der Waals surface area contributed by atoms with Crippen LogP contribution in [0.4, 0.5) is 5.69 Å². The molecule has 0 amide bonds. The molecule has 9 nitrogen and oxygen atoms in total. The van der Waals surface area contributed by atoms with Crippen LogP contribution in [0.1, 0.15) is 73.5 Å². The molecular formula is C45H54ClN3O6. The van der Waals surface area contributed by atoms with Gasteiger partial charge in [0.1, 0.15) is 0 Å². The molecule has 4 aromatic carbocycles. The first kappa shape index (κ1) is 43.0. The van der Waals surface area contributed by atoms with Crippen LogP contribution in [-0.2, 0) is 15.1 Å². The molecular weight excluding hydrogens is 714 g/mol. The van der Waals surface area contributed by atoms with E-state index in [0.29, 0.717) is 36.8 Å². The predicted octanol–water partition coefficient (Wildman–Crippen LogP) is 7.78. The molecule has 2 atom stereocenters. The van der Waals surface area contributed by atoms with Crippen LogP contribution in [0.5, 0.6) is 0 Å². The van der Waals surface area contributed by atoms with Crippen LogP contribution in [-0.4, -0.2) is 78.0 Å². The van der Waals surface area contributed by atoms with E-state index in [1.807, 2.05) is 72.8 Å². The van der Waals surface area contributed by atoms with Crippen molar-refractivity contribution < 1.29 is 29.6 Å². The third kappa shape index (κ3) is 13.2. The van der Waals surface area contributed by atoms with Crippen LogP contribution in [0.15, 0.2) is 103 Å². The second-order valence-electron chi connectivity index (χ2n) is 13.5. The zero-order valence-electron chi connectivity index (χ0n) is 31.8. The summed E-state index contributed by atoms with van der Waals surface area (Å²) in [5.41, 5.74) is 2.84. The molecule has 1 fully saturated rings. The van der Waals surface area contributed by atoms with Crippen LogP contribution < -0.4 is 10.6 Å². The summed E-state index contributed by atoms with van der Waals surface area (Å²) >= 11 is 5.95. The van der Waals surface area contributed by atoms with E-state index < -0.39 is 23.6 Å². The molecule has 0 aromatic heterocycles. The average molecular weight is 768 g/mol. The van der Waals surface area contributed by atoms with E-state index in [4.69, 9.17) is 21.4 Å². The van der Waals surface area contributed by atoms with Crippen LogP contribution in [0.25, 0.3) is 11.1 Å². The maximum Gasteiger partial charge on any atom is 0.344 e. The highest BCUT2D eigenvalue weighted by Crippen LogP contribution is 2.40. The number of hydrogen-bond donors (Lipinski definition) is 5. The molecule has 1 aliphatic carbocycles. The first-order valence-electron chi connectivity index (χ1n) is 19.1. The van der Waals surface area contributed by atoms with Gasteiger partial charge in [0, 0.05) is 36.3 Å². The summed E-state index contributed by atoms with van der Waals surface area (Å²) in [6, 6.07) is 31.1. The van der Waals surface area contributed by atoms with Crippen molar-refractivity contribution in [3.05, 3.63) is 125 Å². The summed E-state index contributed by atoms with van der Waals surface area (Å²) < 4.78 is 5.38. The Kier molecular flexibility index (Phi) is 17.7. The number of ether oxygens (including phenoxy) is 1. The highest BCUT2D eigenvalue weighted by Gasteiger charge is 2.47. The first-order valence-corrected chi connectivity index (χ1v) is 19.5. The molecule has 1 saturated carbocycles. The zero-order valence-corrected chi connectivity index (χ0v) is 32.6. The molecule has 0 bridgehead atoms. The lowest BCUT2D eigenvalue weighted by atomic mass is 9.73. The van der Waals surface area contributed by atoms with E-state index in [1.165, 1.54) is 0 Å². The summed E-state index contributed by atoms with van der Waals surface area (Å²) in [6.45, 7) is 8.55. The van der Waals surface area contributed by atoms with Crippen LogP contribution >= 0.6 is 11.6 Å². The lowest BCUT2D eigenvalue weighted by molar-refractivity contribution is -0.174. The summed E-state index contributed by atoms with van der Waals surface area (Å²) in [5, 5.41) is 37.9. The van der Waals surface area contributed by atoms with Gasteiger partial charge in [0.15, 0.2) is 12.2 Å². The van der Waals surface area contributed by atoms with Gasteiger partial charge in [0.2, 0.25) is 0 Å². The fraction of sp³-hybridized carbons (Fsp3) is 0.378. The van der Waals surface area contributed by atoms with E-state index in [0.717, 1.165) is 67.6 Å². The van der Waals surface area contributed by atoms with Crippen molar-refractivity contribution in [3.63, 3.8) is 0 Å². The van der Waals surface area contributed by atoms with Crippen LogP contribution in [0, 0.1) is 17.8 Å². The number of halogens is 1. The third-order valence-electron chi connectivity index (χ3n) is 9.83. The van der Waals surface area contributed by atoms with Crippen molar-refractivity contribution in [2.45, 2.75) is 57.7 Å². The highest BCUT2D eigenvalue weighted by molar-refractivity contribution is 6.30. The number of carboxylic acids is 1. The lowest BCUT2D eigenvalue weighted by Crippen LogP contribution is -2.45. The standard InChI is InChI=1S/C23H23ClN2O3.C22H31NO3/c24-20-8-2-6-18(13-20)22(27)15-25-10-11-26-21-9-3-5-17(14-21)16-4-1-7-19(12-16)23(28)29;1-3-23(4-2)17-11-12-18-26-21(24)22(25,19-13-7-5-8-14-19)20-15-9-6-10-16-20/h1-9,12-14,22,25-27H,10-11,15H2,(H,28,29);5,7-8,13-14,20,25H,3-4,6,9-10,15-18H2,1-2H3/t22-;/m0./s1.